The molecule has 0 bridgehead atoms. The number of aryl methyl sites for hydroxylation is 2. The maximum Gasteiger partial charge on any atom is 0.245 e. The van der Waals surface area contributed by atoms with Gasteiger partial charge in [0.05, 0.1) is 18.0 Å². The lowest BCUT2D eigenvalue weighted by Crippen LogP contribution is -2.22. The Morgan fingerprint density at radius 2 is 2.00 bits per heavy atom. The van der Waals surface area contributed by atoms with E-state index < -0.39 is 0 Å². The van der Waals surface area contributed by atoms with Crippen molar-refractivity contribution in [2.45, 2.75) is 34.2 Å². The Hall–Kier alpha value is -4.07. The zero-order valence-electron chi connectivity index (χ0n) is 19.5. The van der Waals surface area contributed by atoms with E-state index in [1.54, 1.807) is 36.9 Å². The first-order valence-corrected chi connectivity index (χ1v) is 10.7. The van der Waals surface area contributed by atoms with E-state index in [1.165, 1.54) is 0 Å². The molecule has 2 N–H and O–H groups in total. The molecule has 0 unspecified atom stereocenters. The topological polar surface area (TPSA) is 97.1 Å². The molecule has 0 spiro atoms. The van der Waals surface area contributed by atoms with Crippen molar-refractivity contribution in [1.82, 2.24) is 24.8 Å². The van der Waals surface area contributed by atoms with Crippen molar-refractivity contribution in [3.05, 3.63) is 84.5 Å². The molecule has 8 heteroatoms. The van der Waals surface area contributed by atoms with Crippen molar-refractivity contribution in [3.63, 3.8) is 0 Å². The van der Waals surface area contributed by atoms with Gasteiger partial charge in [-0.05, 0) is 52.0 Å². The fourth-order valence-electron chi connectivity index (χ4n) is 3.40. The second-order valence-corrected chi connectivity index (χ2v) is 7.53. The zero-order valence-corrected chi connectivity index (χ0v) is 19.5. The zero-order chi connectivity index (χ0) is 23.8. The molecule has 0 saturated heterocycles. The number of aliphatic imine (C=N–C) groups is 1. The summed E-state index contributed by atoms with van der Waals surface area (Å²) in [5, 5.41) is 5.97. The van der Waals surface area contributed by atoms with Crippen LogP contribution in [0.5, 0.6) is 0 Å². The van der Waals surface area contributed by atoms with Crippen molar-refractivity contribution in [2.75, 3.05) is 11.9 Å². The Morgan fingerprint density at radius 3 is 2.64 bits per heavy atom. The van der Waals surface area contributed by atoms with Crippen LogP contribution >= 0.6 is 0 Å². The van der Waals surface area contributed by atoms with Crippen LogP contribution < -0.4 is 10.6 Å². The van der Waals surface area contributed by atoms with E-state index in [0.29, 0.717) is 12.4 Å². The molecular weight excluding hydrogens is 414 g/mol. The molecule has 1 aliphatic rings. The molecule has 0 saturated carbocycles. The third kappa shape index (κ3) is 6.00. The highest BCUT2D eigenvalue weighted by Crippen LogP contribution is 2.23. The van der Waals surface area contributed by atoms with Crippen molar-refractivity contribution < 1.29 is 4.79 Å². The van der Waals surface area contributed by atoms with E-state index in [0.717, 1.165) is 39.7 Å². The van der Waals surface area contributed by atoms with Gasteiger partial charge in [-0.2, -0.15) is 0 Å². The number of carbonyl (C=O) groups excluding carboxylic acids is 1. The molecule has 8 nitrogen and oxygen atoms in total. The number of aromatic nitrogens is 4. The van der Waals surface area contributed by atoms with Crippen LogP contribution in [0.25, 0.3) is 11.3 Å². The second kappa shape index (κ2) is 11.0. The van der Waals surface area contributed by atoms with E-state index in [2.05, 4.69) is 37.2 Å². The third-order valence-corrected chi connectivity index (χ3v) is 4.94. The van der Waals surface area contributed by atoms with Crippen LogP contribution in [0.3, 0.4) is 0 Å². The highest BCUT2D eigenvalue weighted by molar-refractivity contribution is 6.03. The monoisotopic (exact) mass is 443 g/mol. The number of hydrogen-bond donors (Lipinski definition) is 2. The summed E-state index contributed by atoms with van der Waals surface area (Å²) in [7, 11) is 0. The van der Waals surface area contributed by atoms with Crippen molar-refractivity contribution in [3.8, 4) is 11.3 Å². The molecule has 0 radical (unpaired) electrons. The summed E-state index contributed by atoms with van der Waals surface area (Å²) in [5.41, 5.74) is 5.55. The molecule has 3 aromatic rings. The van der Waals surface area contributed by atoms with Crippen LogP contribution in [-0.4, -0.2) is 37.7 Å². The molecule has 170 valence electrons. The maximum atomic E-state index is 12.6. The van der Waals surface area contributed by atoms with Gasteiger partial charge in [0.15, 0.2) is 0 Å². The van der Waals surface area contributed by atoms with Gasteiger partial charge in [-0.25, -0.2) is 9.97 Å². The summed E-state index contributed by atoms with van der Waals surface area (Å²) in [4.78, 5) is 30.2. The number of carbonyl (C=O) groups is 1. The number of hydrogen-bond acceptors (Lipinski definition) is 6. The number of imidazole rings is 1. The summed E-state index contributed by atoms with van der Waals surface area (Å²) in [6.45, 7) is 11.9. The third-order valence-electron chi connectivity index (χ3n) is 4.94. The van der Waals surface area contributed by atoms with E-state index in [1.807, 2.05) is 50.5 Å². The number of nitrogens with zero attached hydrogens (tertiary/aromatic N) is 5. The average molecular weight is 444 g/mol. The minimum atomic E-state index is -0.157. The van der Waals surface area contributed by atoms with Crippen LogP contribution in [0.2, 0.25) is 0 Å². The number of anilines is 1. The number of nitrogens with one attached hydrogen (secondary N) is 2. The summed E-state index contributed by atoms with van der Waals surface area (Å²) in [6, 6.07) is 7.61. The summed E-state index contributed by atoms with van der Waals surface area (Å²) < 4.78 is 1.91. The maximum absolute atomic E-state index is 12.6. The number of amides is 1. The SMILES string of the molecule is C=CC.Cc1cc(-c2nc(C)n(CC(=O)Nc3ccc(C4=NC=CNC4)cn3)c2C)ccn1. The number of allylic oxidation sites excluding steroid dienone is 1. The van der Waals surface area contributed by atoms with E-state index in [-0.39, 0.29) is 12.5 Å². The van der Waals surface area contributed by atoms with Gasteiger partial charge in [0.25, 0.3) is 0 Å². The predicted octanol–water partition coefficient (Wildman–Crippen LogP) is 3.96. The molecule has 1 amide bonds. The summed E-state index contributed by atoms with van der Waals surface area (Å²) in [5.74, 6) is 1.13. The highest BCUT2D eigenvalue weighted by Gasteiger charge is 2.16. The summed E-state index contributed by atoms with van der Waals surface area (Å²) in [6.07, 6.45) is 8.75. The van der Waals surface area contributed by atoms with Gasteiger partial charge in [-0.1, -0.05) is 6.08 Å². The summed E-state index contributed by atoms with van der Waals surface area (Å²) >= 11 is 0. The Labute approximate surface area is 194 Å². The fraction of sp³-hybridized carbons (Fsp3) is 0.240. The average Bonchev–Trinajstić information content (AvgIpc) is 3.09. The van der Waals surface area contributed by atoms with Crippen molar-refractivity contribution in [1.29, 1.82) is 0 Å². The molecular formula is C25H29N7O. The molecule has 0 aromatic carbocycles. The van der Waals surface area contributed by atoms with Gasteiger partial charge in [-0.3, -0.25) is 14.8 Å². The van der Waals surface area contributed by atoms with Gasteiger partial charge in [0, 0.05) is 47.3 Å². The Bertz CT molecular complexity index is 1190. The molecule has 4 heterocycles. The van der Waals surface area contributed by atoms with Gasteiger partial charge in [-0.15, -0.1) is 6.58 Å². The molecule has 3 aromatic heterocycles. The van der Waals surface area contributed by atoms with Gasteiger partial charge in [0.1, 0.15) is 18.2 Å². The van der Waals surface area contributed by atoms with E-state index in [4.69, 9.17) is 0 Å². The Balaban J connectivity index is 0.000000968. The number of pyridine rings is 2. The molecule has 0 atom stereocenters. The first kappa shape index (κ1) is 23.6. The van der Waals surface area contributed by atoms with Crippen LogP contribution in [0.15, 0.2) is 66.7 Å². The van der Waals surface area contributed by atoms with Gasteiger partial charge in [0.2, 0.25) is 5.91 Å². The lowest BCUT2D eigenvalue weighted by atomic mass is 10.1. The molecule has 0 aliphatic carbocycles. The molecule has 1 aliphatic heterocycles. The highest BCUT2D eigenvalue weighted by atomic mass is 16.2. The number of rotatable bonds is 5. The normalized spacial score (nSPS) is 12.2. The first-order valence-electron chi connectivity index (χ1n) is 10.7. The largest absolute Gasteiger partial charge is 0.384 e. The minimum absolute atomic E-state index is 0.157. The Kier molecular flexibility index (Phi) is 7.86. The molecule has 33 heavy (non-hydrogen) atoms. The minimum Gasteiger partial charge on any atom is -0.384 e. The first-order chi connectivity index (χ1) is 15.9. The standard InChI is InChI=1S/C22H23N7O.C3H6/c1-14-10-17(6-7-24-14)22-15(2)29(16(3)27-22)13-21(30)28-20-5-4-18(11-26-20)19-12-23-8-9-25-19;1-3-2/h4-11,23H,12-13H2,1-3H3,(H,26,28,30);3H,1H2,2H3. The van der Waals surface area contributed by atoms with Crippen LogP contribution in [-0.2, 0) is 11.3 Å². The Morgan fingerprint density at radius 1 is 1.21 bits per heavy atom. The van der Waals surface area contributed by atoms with Crippen LogP contribution in [0.1, 0.15) is 29.7 Å². The van der Waals surface area contributed by atoms with Crippen LogP contribution in [0.4, 0.5) is 5.82 Å². The lowest BCUT2D eigenvalue weighted by molar-refractivity contribution is -0.116. The van der Waals surface area contributed by atoms with E-state index in [9.17, 15) is 4.79 Å². The van der Waals surface area contributed by atoms with Crippen LogP contribution in [0, 0.1) is 20.8 Å². The van der Waals surface area contributed by atoms with E-state index >= 15 is 0 Å². The second-order valence-electron chi connectivity index (χ2n) is 7.53. The van der Waals surface area contributed by atoms with Crippen molar-refractivity contribution >= 4 is 17.4 Å². The smallest absolute Gasteiger partial charge is 0.245 e. The fourth-order valence-corrected chi connectivity index (χ4v) is 3.40. The quantitative estimate of drug-likeness (QED) is 0.582. The lowest BCUT2D eigenvalue weighted by Gasteiger charge is -2.11. The predicted molar refractivity (Wildman–Crippen MR) is 132 cm³/mol. The van der Waals surface area contributed by atoms with Gasteiger partial charge < -0.3 is 15.2 Å². The molecule has 4 rings (SSSR count). The van der Waals surface area contributed by atoms with Gasteiger partial charge >= 0.3 is 0 Å². The van der Waals surface area contributed by atoms with Crippen molar-refractivity contribution in [2.24, 2.45) is 4.99 Å². The molecule has 0 fully saturated rings.